The molecule has 0 saturated carbocycles. The number of nitrogens with zero attached hydrogens (tertiary/aromatic N) is 1. The van der Waals surface area contributed by atoms with E-state index in [9.17, 15) is 0 Å². The third-order valence-electron chi connectivity index (χ3n) is 2.48. The normalized spacial score (nSPS) is 20.0. The van der Waals surface area contributed by atoms with Gasteiger partial charge in [0, 0.05) is 5.31 Å². The van der Waals surface area contributed by atoms with Crippen LogP contribution in [0.1, 0.15) is 26.3 Å². The van der Waals surface area contributed by atoms with Crippen LogP contribution >= 0.6 is 7.92 Å². The zero-order chi connectivity index (χ0) is 11.1. The predicted octanol–water partition coefficient (Wildman–Crippen LogP) is 4.38. The number of hydrogen-bond acceptors (Lipinski definition) is 1. The van der Waals surface area contributed by atoms with Crippen molar-refractivity contribution in [3.05, 3.63) is 41.2 Å². The van der Waals surface area contributed by atoms with Crippen molar-refractivity contribution in [3.63, 3.8) is 0 Å². The third-order valence-corrected chi connectivity index (χ3v) is 4.73. The Morgan fingerprint density at radius 2 is 1.73 bits per heavy atom. The summed E-state index contributed by atoms with van der Waals surface area (Å²) in [6.45, 7) is 6.56. The molecular weight excluding hydrogens is 201 g/mol. The van der Waals surface area contributed by atoms with Crippen molar-refractivity contribution in [3.8, 4) is 5.81 Å². The molecule has 0 aromatic heterocycles. The molecule has 0 N–H and O–H groups in total. The minimum Gasteiger partial charge on any atom is -0.193 e. The summed E-state index contributed by atoms with van der Waals surface area (Å²) in [5.41, 5.74) is 1.38. The number of allylic oxidation sites excluding steroid dienone is 1. The summed E-state index contributed by atoms with van der Waals surface area (Å²) in [4.78, 5) is 0. The molecule has 0 unspecified atom stereocenters. The highest BCUT2D eigenvalue weighted by molar-refractivity contribution is 7.85. The van der Waals surface area contributed by atoms with E-state index in [4.69, 9.17) is 5.26 Å². The Kier molecular flexibility index (Phi) is 2.41. The second kappa shape index (κ2) is 3.47. The molecule has 0 saturated heterocycles. The minimum absolute atomic E-state index is 0.145. The van der Waals surface area contributed by atoms with E-state index in [1.807, 2.05) is 18.2 Å². The van der Waals surface area contributed by atoms with Gasteiger partial charge in [0.2, 0.25) is 0 Å². The second-order valence-corrected chi connectivity index (χ2v) is 6.51. The Bertz CT molecular complexity index is 446. The van der Waals surface area contributed by atoms with E-state index in [-0.39, 0.29) is 5.41 Å². The topological polar surface area (TPSA) is 23.8 Å². The number of nitriles is 1. The highest BCUT2D eigenvalue weighted by Gasteiger charge is 2.44. The van der Waals surface area contributed by atoms with Crippen molar-refractivity contribution in [2.45, 2.75) is 20.8 Å². The van der Waals surface area contributed by atoms with Crippen molar-refractivity contribution in [1.82, 2.24) is 0 Å². The molecule has 0 spiro atoms. The molecule has 1 heterocycles. The van der Waals surface area contributed by atoms with Gasteiger partial charge in [0.15, 0.2) is 0 Å². The van der Waals surface area contributed by atoms with Crippen molar-refractivity contribution in [2.24, 2.45) is 5.41 Å². The average Bonchev–Trinajstić information content (AvgIpc) is 2.92. The van der Waals surface area contributed by atoms with Gasteiger partial charge in [0.05, 0.1) is 13.7 Å². The Hall–Kier alpha value is -1.12. The fraction of sp³-hybridized carbons (Fsp3) is 0.308. The van der Waals surface area contributed by atoms with Crippen LogP contribution in [0, 0.1) is 16.5 Å². The molecule has 0 amide bonds. The molecule has 1 aliphatic rings. The SMILES string of the molecule is CC(C)(C)C1=C(c2ccccc2)[P@]1C#N. The second-order valence-electron chi connectivity index (χ2n) is 4.75. The summed E-state index contributed by atoms with van der Waals surface area (Å²) in [6.07, 6.45) is 0. The molecular formula is C13H14NP. The van der Waals surface area contributed by atoms with Gasteiger partial charge in [-0.05, 0) is 16.3 Å². The van der Waals surface area contributed by atoms with Crippen LogP contribution in [0.3, 0.4) is 0 Å². The largest absolute Gasteiger partial charge is 0.193 e. The highest BCUT2D eigenvalue weighted by Crippen LogP contribution is 2.78. The van der Waals surface area contributed by atoms with Crippen LogP contribution in [0.15, 0.2) is 35.6 Å². The van der Waals surface area contributed by atoms with Gasteiger partial charge in [-0.2, -0.15) is 5.26 Å². The van der Waals surface area contributed by atoms with Crippen LogP contribution in [-0.2, 0) is 0 Å². The summed E-state index contributed by atoms with van der Waals surface area (Å²) < 4.78 is 0. The van der Waals surface area contributed by atoms with E-state index in [1.54, 1.807) is 0 Å². The maximum absolute atomic E-state index is 9.11. The summed E-state index contributed by atoms with van der Waals surface area (Å²) in [5.74, 6) is 2.43. The zero-order valence-electron chi connectivity index (χ0n) is 9.28. The first-order chi connectivity index (χ1) is 7.05. The van der Waals surface area contributed by atoms with Crippen molar-refractivity contribution in [2.75, 3.05) is 0 Å². The van der Waals surface area contributed by atoms with Gasteiger partial charge < -0.3 is 0 Å². The Morgan fingerprint density at radius 3 is 2.13 bits per heavy atom. The maximum atomic E-state index is 9.11. The van der Waals surface area contributed by atoms with Gasteiger partial charge in [-0.15, -0.1) is 0 Å². The summed E-state index contributed by atoms with van der Waals surface area (Å²) in [7, 11) is -0.601. The number of rotatable bonds is 1. The van der Waals surface area contributed by atoms with Gasteiger partial charge >= 0.3 is 0 Å². The van der Waals surface area contributed by atoms with Crippen LogP contribution in [0.4, 0.5) is 0 Å². The molecule has 76 valence electrons. The van der Waals surface area contributed by atoms with Gasteiger partial charge in [-0.3, -0.25) is 0 Å². The van der Waals surface area contributed by atoms with Crippen LogP contribution in [0.25, 0.3) is 5.31 Å². The number of hydrogen-bond donors (Lipinski definition) is 0. The molecule has 0 bridgehead atoms. The monoisotopic (exact) mass is 215 g/mol. The molecule has 15 heavy (non-hydrogen) atoms. The molecule has 1 aromatic rings. The Morgan fingerprint density at radius 1 is 1.13 bits per heavy atom. The van der Waals surface area contributed by atoms with Crippen molar-refractivity contribution < 1.29 is 0 Å². The average molecular weight is 215 g/mol. The van der Waals surface area contributed by atoms with E-state index in [0.717, 1.165) is 0 Å². The summed E-state index contributed by atoms with van der Waals surface area (Å²) >= 11 is 0. The van der Waals surface area contributed by atoms with Gasteiger partial charge in [0.1, 0.15) is 0 Å². The Labute approximate surface area is 92.2 Å². The maximum Gasteiger partial charge on any atom is 0.0967 e. The van der Waals surface area contributed by atoms with E-state index >= 15 is 0 Å². The van der Waals surface area contributed by atoms with Gasteiger partial charge in [-0.25, -0.2) is 0 Å². The van der Waals surface area contributed by atoms with Gasteiger partial charge in [0.25, 0.3) is 0 Å². The standard InChI is InChI=1S/C13H14NP/c1-13(2,3)12-11(15(12)9-14)10-7-5-4-6-8-10/h4-8H,1-3H3/t15-/m0/s1. The molecule has 0 aliphatic carbocycles. The molecule has 1 aliphatic heterocycles. The molecule has 1 atom stereocenters. The van der Waals surface area contributed by atoms with E-state index < -0.39 is 7.92 Å². The van der Waals surface area contributed by atoms with Crippen molar-refractivity contribution >= 4 is 13.2 Å². The van der Waals surface area contributed by atoms with Gasteiger partial charge in [-0.1, -0.05) is 51.1 Å². The summed E-state index contributed by atoms with van der Waals surface area (Å²) in [5, 5.41) is 11.8. The predicted molar refractivity (Wildman–Crippen MR) is 65.4 cm³/mol. The lowest BCUT2D eigenvalue weighted by Crippen LogP contribution is -2.00. The van der Waals surface area contributed by atoms with E-state index in [1.165, 1.54) is 16.2 Å². The van der Waals surface area contributed by atoms with Crippen molar-refractivity contribution in [1.29, 1.82) is 5.26 Å². The molecule has 2 heteroatoms. The molecule has 1 aromatic carbocycles. The van der Waals surface area contributed by atoms with E-state index in [0.29, 0.717) is 0 Å². The molecule has 0 radical (unpaired) electrons. The van der Waals surface area contributed by atoms with Crippen LogP contribution in [0.5, 0.6) is 0 Å². The smallest absolute Gasteiger partial charge is 0.0967 e. The lowest BCUT2D eigenvalue weighted by Gasteiger charge is -2.12. The Balaban J connectivity index is 2.39. The van der Waals surface area contributed by atoms with Crippen LogP contribution < -0.4 is 0 Å². The zero-order valence-corrected chi connectivity index (χ0v) is 10.2. The lowest BCUT2D eigenvalue weighted by molar-refractivity contribution is 0.540. The fourth-order valence-corrected chi connectivity index (χ4v) is 4.04. The highest BCUT2D eigenvalue weighted by atomic mass is 31.1. The molecule has 0 fully saturated rings. The minimum atomic E-state index is -0.601. The third kappa shape index (κ3) is 1.83. The number of benzene rings is 1. The van der Waals surface area contributed by atoms with Crippen LogP contribution in [0.2, 0.25) is 0 Å². The first-order valence-electron chi connectivity index (χ1n) is 5.06. The quantitative estimate of drug-likeness (QED) is 0.638. The summed E-state index contributed by atoms with van der Waals surface area (Å²) in [6, 6.07) is 10.3. The fourth-order valence-electron chi connectivity index (χ4n) is 1.82. The van der Waals surface area contributed by atoms with E-state index in [2.05, 4.69) is 38.7 Å². The molecule has 1 nitrogen and oxygen atoms in total. The lowest BCUT2D eigenvalue weighted by atomic mass is 9.95. The first kappa shape index (κ1) is 10.4. The van der Waals surface area contributed by atoms with Crippen LogP contribution in [-0.4, -0.2) is 0 Å². The first-order valence-corrected chi connectivity index (χ1v) is 6.40. The molecule has 2 rings (SSSR count).